The van der Waals surface area contributed by atoms with Crippen molar-refractivity contribution in [1.29, 1.82) is 0 Å². The third-order valence-corrected chi connectivity index (χ3v) is 7.15. The molecule has 1 aromatic carbocycles. The van der Waals surface area contributed by atoms with Crippen LogP contribution in [0.25, 0.3) is 22.3 Å². The number of hydrogen-bond donors (Lipinski definition) is 2. The molecule has 186 valence electrons. The van der Waals surface area contributed by atoms with Crippen LogP contribution in [0.2, 0.25) is 0 Å². The molecule has 0 spiro atoms. The van der Waals surface area contributed by atoms with Crippen LogP contribution in [0.5, 0.6) is 5.75 Å². The van der Waals surface area contributed by atoms with Gasteiger partial charge >= 0.3 is 11.9 Å². The number of cyclic esters (lactones) is 1. The molecule has 2 N–H and O–H groups in total. The number of fused-ring (bicyclic) bond motifs is 5. The van der Waals surface area contributed by atoms with Gasteiger partial charge in [-0.3, -0.25) is 4.79 Å². The molecule has 9 nitrogen and oxygen atoms in total. The van der Waals surface area contributed by atoms with Crippen molar-refractivity contribution < 1.29 is 29.3 Å². The molecule has 0 fully saturated rings. The van der Waals surface area contributed by atoms with Crippen molar-refractivity contribution in [2.24, 2.45) is 0 Å². The first-order valence-corrected chi connectivity index (χ1v) is 11.9. The smallest absolute Gasteiger partial charge is 0.343 e. The molecule has 0 radical (unpaired) electrons. The largest absolute Gasteiger partial charge is 0.489 e. The number of allylic oxidation sites excluding steroid dienone is 1. The van der Waals surface area contributed by atoms with Gasteiger partial charge in [-0.15, -0.1) is 0 Å². The van der Waals surface area contributed by atoms with Crippen molar-refractivity contribution in [1.82, 2.24) is 9.55 Å². The Bertz CT molecular complexity index is 1540. The van der Waals surface area contributed by atoms with E-state index in [1.54, 1.807) is 36.6 Å². The minimum Gasteiger partial charge on any atom is -0.489 e. The number of carboxylic acid groups (broad SMARTS) is 1. The van der Waals surface area contributed by atoms with Crippen LogP contribution >= 0.6 is 0 Å². The van der Waals surface area contributed by atoms with Crippen LogP contribution in [-0.2, 0) is 39.5 Å². The molecule has 0 unspecified atom stereocenters. The summed E-state index contributed by atoms with van der Waals surface area (Å²) in [5.41, 5.74) is 2.36. The normalized spacial score (nSPS) is 18.4. The van der Waals surface area contributed by atoms with Crippen molar-refractivity contribution in [3.63, 3.8) is 0 Å². The van der Waals surface area contributed by atoms with Crippen LogP contribution in [0, 0.1) is 0 Å². The maximum atomic E-state index is 13.4. The number of aryl methyl sites for hydroxylation is 1. The fourth-order valence-electron chi connectivity index (χ4n) is 5.06. The van der Waals surface area contributed by atoms with Gasteiger partial charge < -0.3 is 24.3 Å². The molecule has 0 saturated heterocycles. The molecule has 0 amide bonds. The maximum Gasteiger partial charge on any atom is 0.343 e. The number of esters is 1. The van der Waals surface area contributed by atoms with E-state index in [2.05, 4.69) is 0 Å². The van der Waals surface area contributed by atoms with Gasteiger partial charge in [-0.1, -0.05) is 19.9 Å². The molecule has 3 aromatic rings. The highest BCUT2D eigenvalue weighted by atomic mass is 16.6. The van der Waals surface area contributed by atoms with Gasteiger partial charge in [0.2, 0.25) is 0 Å². The second-order valence-corrected chi connectivity index (χ2v) is 8.96. The average Bonchev–Trinajstić information content (AvgIpc) is 3.24. The van der Waals surface area contributed by atoms with Crippen LogP contribution in [0.1, 0.15) is 49.4 Å². The van der Waals surface area contributed by atoms with Crippen molar-refractivity contribution in [2.75, 3.05) is 6.61 Å². The monoisotopic (exact) mass is 490 g/mol. The number of ether oxygens (including phenoxy) is 2. The van der Waals surface area contributed by atoms with Crippen LogP contribution in [0.3, 0.4) is 0 Å². The Hall–Kier alpha value is -3.98. The van der Waals surface area contributed by atoms with Crippen molar-refractivity contribution in [3.05, 3.63) is 68.5 Å². The van der Waals surface area contributed by atoms with E-state index in [1.165, 1.54) is 6.08 Å². The zero-order valence-corrected chi connectivity index (χ0v) is 20.3. The Morgan fingerprint density at radius 2 is 2.03 bits per heavy atom. The van der Waals surface area contributed by atoms with Gasteiger partial charge in [0, 0.05) is 16.5 Å². The summed E-state index contributed by atoms with van der Waals surface area (Å²) >= 11 is 0. The van der Waals surface area contributed by atoms with Gasteiger partial charge in [-0.25, -0.2) is 14.6 Å². The Morgan fingerprint density at radius 1 is 1.25 bits per heavy atom. The lowest BCUT2D eigenvalue weighted by Gasteiger charge is -2.31. The van der Waals surface area contributed by atoms with Crippen LogP contribution < -0.4 is 10.3 Å². The van der Waals surface area contributed by atoms with Gasteiger partial charge in [-0.2, -0.15) is 0 Å². The van der Waals surface area contributed by atoms with E-state index in [1.807, 2.05) is 13.0 Å². The lowest BCUT2D eigenvalue weighted by molar-refractivity contribution is -0.172. The average molecular weight is 491 g/mol. The molecule has 2 aromatic heterocycles. The second kappa shape index (κ2) is 8.60. The predicted molar refractivity (Wildman–Crippen MR) is 131 cm³/mol. The molecule has 2 aliphatic heterocycles. The third-order valence-electron chi connectivity index (χ3n) is 7.15. The number of hydrogen-bond acceptors (Lipinski definition) is 7. The van der Waals surface area contributed by atoms with Crippen molar-refractivity contribution >= 4 is 22.8 Å². The number of aliphatic hydroxyl groups is 1. The number of benzene rings is 1. The highest BCUT2D eigenvalue weighted by molar-refractivity contribution is 5.90. The minimum absolute atomic E-state index is 0.0648. The summed E-state index contributed by atoms with van der Waals surface area (Å²) in [7, 11) is 0. The van der Waals surface area contributed by atoms with Crippen LogP contribution in [-0.4, -0.2) is 38.3 Å². The number of carboxylic acids is 1. The van der Waals surface area contributed by atoms with E-state index in [0.717, 1.165) is 16.5 Å². The standard InChI is InChI=1S/C27H26N2O7/c1-4-14(25(31)32)12-35-15-7-8-21-17(9-15)16(5-2)18-11-29-22(23(18)28-21)10-20-19(24(29)30)13-36-26(33)27(20,34)6-3/h4,7-10,34H,5-6,11-13H2,1-3H3,(H,31,32)/b14-4+/t27-/m0/s1. The lowest BCUT2D eigenvalue weighted by Crippen LogP contribution is -2.44. The molecule has 9 heteroatoms. The summed E-state index contributed by atoms with van der Waals surface area (Å²) in [6.07, 6.45) is 2.25. The summed E-state index contributed by atoms with van der Waals surface area (Å²) in [4.78, 5) is 41.9. The SMILES string of the molecule is C/C=C(\COc1ccc2nc3c(c(CC)c2c1)Cn1c-3cc2c(c1=O)COC(=O)[C@]2(O)CC)C(=O)O. The number of aliphatic carboxylic acids is 1. The first kappa shape index (κ1) is 23.7. The van der Waals surface area contributed by atoms with Crippen LogP contribution in [0.4, 0.5) is 0 Å². The van der Waals surface area contributed by atoms with Gasteiger partial charge in [-0.05, 0) is 49.6 Å². The summed E-state index contributed by atoms with van der Waals surface area (Å²) < 4.78 is 12.5. The Labute approximate surface area is 206 Å². The molecule has 2 aliphatic rings. The molecule has 5 rings (SSSR count). The number of rotatable bonds is 6. The van der Waals surface area contributed by atoms with E-state index in [4.69, 9.17) is 14.5 Å². The fourth-order valence-corrected chi connectivity index (χ4v) is 5.06. The lowest BCUT2D eigenvalue weighted by atomic mass is 9.86. The molecule has 1 atom stereocenters. The number of carbonyl (C=O) groups excluding carboxylic acids is 1. The Balaban J connectivity index is 1.64. The van der Waals surface area contributed by atoms with Crippen LogP contribution in [0.15, 0.2) is 40.7 Å². The second-order valence-electron chi connectivity index (χ2n) is 8.96. The molecule has 0 saturated carbocycles. The van der Waals surface area contributed by atoms with Gasteiger partial charge in [0.15, 0.2) is 5.60 Å². The quantitative estimate of drug-likeness (QED) is 0.312. The molecule has 0 bridgehead atoms. The third kappa shape index (κ3) is 3.42. The first-order valence-electron chi connectivity index (χ1n) is 11.9. The zero-order valence-electron chi connectivity index (χ0n) is 20.3. The fraction of sp³-hybridized carbons (Fsp3) is 0.333. The van der Waals surface area contributed by atoms with Gasteiger partial charge in [0.05, 0.1) is 34.6 Å². The van der Waals surface area contributed by atoms with E-state index in [9.17, 15) is 24.6 Å². The summed E-state index contributed by atoms with van der Waals surface area (Å²) in [6, 6.07) is 7.08. The summed E-state index contributed by atoms with van der Waals surface area (Å²) in [5.74, 6) is -1.26. The van der Waals surface area contributed by atoms with E-state index >= 15 is 0 Å². The number of nitrogens with zero attached hydrogens (tertiary/aromatic N) is 2. The van der Waals surface area contributed by atoms with E-state index in [0.29, 0.717) is 35.6 Å². The van der Waals surface area contributed by atoms with Crippen molar-refractivity contribution in [3.8, 4) is 17.1 Å². The van der Waals surface area contributed by atoms with E-state index < -0.39 is 17.5 Å². The summed E-state index contributed by atoms with van der Waals surface area (Å²) in [5, 5.41) is 21.1. The zero-order chi connectivity index (χ0) is 25.8. The predicted octanol–water partition coefficient (Wildman–Crippen LogP) is 3.05. The van der Waals surface area contributed by atoms with E-state index in [-0.39, 0.29) is 41.9 Å². The summed E-state index contributed by atoms with van der Waals surface area (Å²) in [6.45, 7) is 5.41. The highest BCUT2D eigenvalue weighted by Crippen LogP contribution is 2.40. The number of pyridine rings is 2. The van der Waals surface area contributed by atoms with Gasteiger partial charge in [0.25, 0.3) is 5.56 Å². The molecule has 36 heavy (non-hydrogen) atoms. The Kier molecular flexibility index (Phi) is 5.67. The highest BCUT2D eigenvalue weighted by Gasteiger charge is 2.45. The maximum absolute atomic E-state index is 13.4. The topological polar surface area (TPSA) is 128 Å². The van der Waals surface area contributed by atoms with Gasteiger partial charge in [0.1, 0.15) is 19.0 Å². The molecule has 0 aliphatic carbocycles. The Morgan fingerprint density at radius 3 is 2.69 bits per heavy atom. The molecule has 4 heterocycles. The minimum atomic E-state index is -1.87. The number of aromatic nitrogens is 2. The first-order chi connectivity index (χ1) is 17.2. The molecular weight excluding hydrogens is 464 g/mol. The van der Waals surface area contributed by atoms with Crippen molar-refractivity contribution in [2.45, 2.75) is 52.4 Å². The number of carbonyl (C=O) groups is 2. The molecular formula is C27H26N2O7.